The van der Waals surface area contributed by atoms with Crippen LogP contribution in [0.15, 0.2) is 29.2 Å². The zero-order valence-corrected chi connectivity index (χ0v) is 11.6. The number of hydrogen-bond acceptors (Lipinski definition) is 3. The van der Waals surface area contributed by atoms with Crippen molar-refractivity contribution in [2.24, 2.45) is 5.73 Å². The first-order valence-electron chi connectivity index (χ1n) is 4.92. The molecule has 0 unspecified atom stereocenters. The van der Waals surface area contributed by atoms with Crippen LogP contribution in [0.5, 0.6) is 0 Å². The predicted octanol–water partition coefficient (Wildman–Crippen LogP) is 1.64. The first-order valence-corrected chi connectivity index (χ1v) is 7.14. The zero-order chi connectivity index (χ0) is 13.1. The van der Waals surface area contributed by atoms with Crippen molar-refractivity contribution in [3.63, 3.8) is 0 Å². The predicted molar refractivity (Wildman–Crippen MR) is 72.7 cm³/mol. The van der Waals surface area contributed by atoms with Crippen LogP contribution in [0.3, 0.4) is 0 Å². The van der Waals surface area contributed by atoms with Crippen molar-refractivity contribution in [2.75, 3.05) is 13.1 Å². The topological polar surface area (TPSA) is 63.4 Å². The van der Waals surface area contributed by atoms with Gasteiger partial charge in [0.05, 0.1) is 16.4 Å². The fourth-order valence-corrected chi connectivity index (χ4v) is 3.09. The summed E-state index contributed by atoms with van der Waals surface area (Å²) in [6.07, 6.45) is 0. The number of thiocarbonyl (C=S) groups is 1. The third-order valence-corrected chi connectivity index (χ3v) is 4.45. The van der Waals surface area contributed by atoms with Gasteiger partial charge in [0.25, 0.3) is 0 Å². The van der Waals surface area contributed by atoms with E-state index in [4.69, 9.17) is 29.6 Å². The average Bonchev–Trinajstić information content (AvgIpc) is 2.26. The van der Waals surface area contributed by atoms with E-state index in [0.717, 1.165) is 0 Å². The Bertz CT molecular complexity index is 500. The summed E-state index contributed by atoms with van der Waals surface area (Å²) in [5, 5.41) is 0.487. The second-order valence-corrected chi connectivity index (χ2v) is 6.25. The molecular weight excluding hydrogens is 280 g/mol. The molecule has 2 N–H and O–H groups in total. The maximum Gasteiger partial charge on any atom is 0.243 e. The van der Waals surface area contributed by atoms with Crippen LogP contribution < -0.4 is 5.73 Å². The Morgan fingerprint density at radius 3 is 2.35 bits per heavy atom. The molecule has 0 heterocycles. The minimum absolute atomic E-state index is 0.0385. The van der Waals surface area contributed by atoms with E-state index in [1.807, 2.05) is 0 Å². The maximum absolute atomic E-state index is 12.2. The Morgan fingerprint density at radius 1 is 1.41 bits per heavy atom. The van der Waals surface area contributed by atoms with Crippen LogP contribution >= 0.6 is 23.8 Å². The SMILES string of the molecule is CCN(CC(N)=S)S(=O)(=O)c1ccc(Cl)cc1. The van der Waals surface area contributed by atoms with E-state index < -0.39 is 10.0 Å². The molecule has 0 saturated heterocycles. The van der Waals surface area contributed by atoms with Crippen molar-refractivity contribution in [1.29, 1.82) is 0 Å². The molecule has 4 nitrogen and oxygen atoms in total. The number of rotatable bonds is 5. The maximum atomic E-state index is 12.2. The van der Waals surface area contributed by atoms with Crippen molar-refractivity contribution < 1.29 is 8.42 Å². The van der Waals surface area contributed by atoms with Gasteiger partial charge in [0, 0.05) is 11.6 Å². The van der Waals surface area contributed by atoms with Crippen LogP contribution in [0.4, 0.5) is 0 Å². The van der Waals surface area contributed by atoms with Gasteiger partial charge in [-0.2, -0.15) is 4.31 Å². The molecule has 0 saturated carbocycles. The van der Waals surface area contributed by atoms with Gasteiger partial charge in [-0.3, -0.25) is 0 Å². The zero-order valence-electron chi connectivity index (χ0n) is 9.26. The lowest BCUT2D eigenvalue weighted by atomic mass is 10.4. The summed E-state index contributed by atoms with van der Waals surface area (Å²) >= 11 is 10.4. The molecule has 0 bridgehead atoms. The minimum Gasteiger partial charge on any atom is -0.392 e. The van der Waals surface area contributed by atoms with Crippen LogP contribution in [-0.2, 0) is 10.0 Å². The summed E-state index contributed by atoms with van der Waals surface area (Å²) in [6, 6.07) is 5.98. The van der Waals surface area contributed by atoms with Crippen molar-refractivity contribution in [2.45, 2.75) is 11.8 Å². The number of halogens is 1. The van der Waals surface area contributed by atoms with E-state index in [0.29, 0.717) is 11.6 Å². The smallest absolute Gasteiger partial charge is 0.243 e. The molecule has 0 amide bonds. The number of hydrogen-bond donors (Lipinski definition) is 1. The average molecular weight is 293 g/mol. The normalized spacial score (nSPS) is 11.7. The Kier molecular flexibility index (Phi) is 4.88. The fourth-order valence-electron chi connectivity index (χ4n) is 1.30. The summed E-state index contributed by atoms with van der Waals surface area (Å²) in [4.78, 5) is 0.324. The van der Waals surface area contributed by atoms with Crippen LogP contribution in [-0.4, -0.2) is 30.8 Å². The first kappa shape index (κ1) is 14.4. The number of nitrogens with two attached hydrogens (primary N) is 1. The molecule has 1 aromatic carbocycles. The molecule has 1 aromatic rings. The largest absolute Gasteiger partial charge is 0.392 e. The van der Waals surface area contributed by atoms with E-state index in [-0.39, 0.29) is 16.4 Å². The molecule has 0 aromatic heterocycles. The Balaban J connectivity index is 3.08. The standard InChI is InChI=1S/C10H13ClN2O2S2/c1-2-13(7-10(12)16)17(14,15)9-5-3-8(11)4-6-9/h3-6H,2,7H2,1H3,(H2,12,16). The summed E-state index contributed by atoms with van der Waals surface area (Å²) in [5.41, 5.74) is 5.37. The van der Waals surface area contributed by atoms with Gasteiger partial charge < -0.3 is 5.73 Å². The highest BCUT2D eigenvalue weighted by Gasteiger charge is 2.23. The van der Waals surface area contributed by atoms with E-state index >= 15 is 0 Å². The molecule has 0 spiro atoms. The number of nitrogens with zero attached hydrogens (tertiary/aromatic N) is 1. The Morgan fingerprint density at radius 2 is 1.94 bits per heavy atom. The third kappa shape index (κ3) is 3.64. The van der Waals surface area contributed by atoms with Crippen LogP contribution in [0.1, 0.15) is 6.92 Å². The second-order valence-electron chi connectivity index (χ2n) is 3.35. The molecule has 94 valence electrons. The Hall–Kier alpha value is -0.690. The molecular formula is C10H13ClN2O2S2. The molecule has 0 aliphatic heterocycles. The van der Waals surface area contributed by atoms with Gasteiger partial charge in [-0.25, -0.2) is 8.42 Å². The number of likely N-dealkylation sites (N-methyl/N-ethyl adjacent to an activating group) is 1. The van der Waals surface area contributed by atoms with Gasteiger partial charge in [0.1, 0.15) is 0 Å². The van der Waals surface area contributed by atoms with Crippen molar-refractivity contribution in [3.8, 4) is 0 Å². The minimum atomic E-state index is -3.56. The molecule has 17 heavy (non-hydrogen) atoms. The molecule has 1 rings (SSSR count). The summed E-state index contributed by atoms with van der Waals surface area (Å²) in [6.45, 7) is 2.07. The van der Waals surface area contributed by atoms with Crippen molar-refractivity contribution in [3.05, 3.63) is 29.3 Å². The van der Waals surface area contributed by atoms with Crippen molar-refractivity contribution >= 4 is 38.8 Å². The quantitative estimate of drug-likeness (QED) is 0.838. The molecule has 7 heteroatoms. The van der Waals surface area contributed by atoms with Gasteiger partial charge in [0.15, 0.2) is 0 Å². The summed E-state index contributed by atoms with van der Waals surface area (Å²) < 4.78 is 25.6. The molecule has 0 aliphatic rings. The van der Waals surface area contributed by atoms with E-state index in [1.165, 1.54) is 28.6 Å². The van der Waals surface area contributed by atoms with Gasteiger partial charge in [-0.15, -0.1) is 0 Å². The lowest BCUT2D eigenvalue weighted by Crippen LogP contribution is -2.37. The highest BCUT2D eigenvalue weighted by molar-refractivity contribution is 7.89. The van der Waals surface area contributed by atoms with E-state index in [1.54, 1.807) is 6.92 Å². The highest BCUT2D eigenvalue weighted by Crippen LogP contribution is 2.18. The summed E-state index contributed by atoms with van der Waals surface area (Å²) in [7, 11) is -3.56. The van der Waals surface area contributed by atoms with Gasteiger partial charge in [0.2, 0.25) is 10.0 Å². The first-order chi connectivity index (χ1) is 7.87. The van der Waals surface area contributed by atoms with E-state index in [2.05, 4.69) is 0 Å². The van der Waals surface area contributed by atoms with Crippen LogP contribution in [0.2, 0.25) is 5.02 Å². The second kappa shape index (κ2) is 5.77. The lowest BCUT2D eigenvalue weighted by molar-refractivity contribution is 0.468. The van der Waals surface area contributed by atoms with E-state index in [9.17, 15) is 8.42 Å². The van der Waals surface area contributed by atoms with Gasteiger partial charge >= 0.3 is 0 Å². The van der Waals surface area contributed by atoms with Crippen molar-refractivity contribution in [1.82, 2.24) is 4.31 Å². The monoisotopic (exact) mass is 292 g/mol. The molecule has 0 aliphatic carbocycles. The third-order valence-electron chi connectivity index (χ3n) is 2.14. The molecule has 0 fully saturated rings. The lowest BCUT2D eigenvalue weighted by Gasteiger charge is -2.19. The van der Waals surface area contributed by atoms with Gasteiger partial charge in [-0.05, 0) is 24.3 Å². The number of benzene rings is 1. The number of sulfonamides is 1. The highest BCUT2D eigenvalue weighted by atomic mass is 35.5. The summed E-state index contributed by atoms with van der Waals surface area (Å²) in [5.74, 6) is 0. The fraction of sp³-hybridized carbons (Fsp3) is 0.300. The van der Waals surface area contributed by atoms with Crippen LogP contribution in [0.25, 0.3) is 0 Å². The molecule has 0 atom stereocenters. The molecule has 0 radical (unpaired) electrons. The van der Waals surface area contributed by atoms with Gasteiger partial charge in [-0.1, -0.05) is 30.7 Å². The Labute approximate surface area is 111 Å². The van der Waals surface area contributed by atoms with Crippen LogP contribution in [0, 0.1) is 0 Å².